The van der Waals surface area contributed by atoms with Gasteiger partial charge in [0.05, 0.1) is 0 Å². The van der Waals surface area contributed by atoms with Gasteiger partial charge in [0.25, 0.3) is 0 Å². The van der Waals surface area contributed by atoms with Crippen molar-refractivity contribution < 1.29 is 19.2 Å². The average molecular weight is 375 g/mol. The van der Waals surface area contributed by atoms with Crippen LogP contribution in [0.25, 0.3) is 22.2 Å². The Bertz CT molecular complexity index is 1000. The van der Waals surface area contributed by atoms with Gasteiger partial charge in [-0.3, -0.25) is 10.8 Å². The van der Waals surface area contributed by atoms with Crippen molar-refractivity contribution in [1.29, 1.82) is 10.8 Å². The molecule has 136 valence electrons. The highest BCUT2D eigenvalue weighted by Crippen LogP contribution is 2.27. The van der Waals surface area contributed by atoms with Crippen molar-refractivity contribution in [2.45, 2.75) is 0 Å². The van der Waals surface area contributed by atoms with Crippen LogP contribution < -0.4 is 11.5 Å². The maximum Gasteiger partial charge on any atom is 0.466 e. The van der Waals surface area contributed by atoms with Gasteiger partial charge < -0.3 is 31.1 Å². The summed E-state index contributed by atoms with van der Waals surface area (Å²) in [6.07, 6.45) is 0. The minimum atomic E-state index is -4.64. The molecule has 9 nitrogen and oxygen atoms in total. The molecule has 3 aromatic rings. The van der Waals surface area contributed by atoms with Crippen LogP contribution in [0.15, 0.2) is 48.5 Å². The molecule has 1 heterocycles. The van der Waals surface area contributed by atoms with Crippen LogP contribution in [0.5, 0.6) is 0 Å². The summed E-state index contributed by atoms with van der Waals surface area (Å²) in [6.45, 7) is 0. The van der Waals surface area contributed by atoms with E-state index in [-0.39, 0.29) is 11.7 Å². The number of nitrogens with two attached hydrogens (primary N) is 2. The first kappa shape index (κ1) is 19.4. The van der Waals surface area contributed by atoms with Crippen molar-refractivity contribution in [2.75, 3.05) is 0 Å². The molecule has 0 spiro atoms. The topological polar surface area (TPSA) is 193 Å². The third kappa shape index (κ3) is 5.01. The van der Waals surface area contributed by atoms with E-state index in [1.54, 1.807) is 12.1 Å². The van der Waals surface area contributed by atoms with Crippen molar-refractivity contribution >= 4 is 30.4 Å². The SMILES string of the molecule is N=C(N)c1cc(C(=N)N)c2cc(-c3ccccc3)[nH]c2c1.O=P(O)(O)O. The second kappa shape index (κ2) is 7.51. The van der Waals surface area contributed by atoms with Crippen LogP contribution in [0.4, 0.5) is 0 Å². The number of nitrogen functional groups attached to an aromatic ring is 2. The largest absolute Gasteiger partial charge is 0.466 e. The Hall–Kier alpha value is -2.97. The number of rotatable bonds is 3. The molecule has 10 heteroatoms. The van der Waals surface area contributed by atoms with Gasteiger partial charge >= 0.3 is 7.82 Å². The predicted molar refractivity (Wildman–Crippen MR) is 100 cm³/mol. The van der Waals surface area contributed by atoms with Gasteiger partial charge in [0, 0.05) is 27.7 Å². The highest BCUT2D eigenvalue weighted by atomic mass is 31.2. The van der Waals surface area contributed by atoms with Crippen LogP contribution >= 0.6 is 7.82 Å². The standard InChI is InChI=1S/C16H15N5.H3O4P/c17-15(18)10-6-12(16(19)20)11-8-13(21-14(11)7-10)9-4-2-1-3-5-9;1-5(2,3)4/h1-8,21H,(H3,17,18)(H3,19,20);(H3,1,2,3,4). The molecule has 0 aliphatic heterocycles. The zero-order chi connectivity index (χ0) is 19.5. The molecule has 2 aromatic carbocycles. The molecular weight excluding hydrogens is 357 g/mol. The van der Waals surface area contributed by atoms with E-state index in [2.05, 4.69) is 4.98 Å². The smallest absolute Gasteiger partial charge is 0.384 e. The fraction of sp³-hybridized carbons (Fsp3) is 0. The molecular formula is C16H18N5O4P. The van der Waals surface area contributed by atoms with Gasteiger partial charge in [-0.1, -0.05) is 30.3 Å². The van der Waals surface area contributed by atoms with Gasteiger partial charge in [0.1, 0.15) is 11.7 Å². The van der Waals surface area contributed by atoms with E-state index in [1.165, 1.54) is 0 Å². The summed E-state index contributed by atoms with van der Waals surface area (Å²) >= 11 is 0. The maximum atomic E-state index is 8.88. The molecule has 0 radical (unpaired) electrons. The Morgan fingerprint density at radius 1 is 0.962 bits per heavy atom. The van der Waals surface area contributed by atoms with Crippen LogP contribution in [0, 0.1) is 10.8 Å². The van der Waals surface area contributed by atoms with Crippen molar-refractivity contribution in [1.82, 2.24) is 4.98 Å². The molecule has 0 saturated heterocycles. The lowest BCUT2D eigenvalue weighted by Gasteiger charge is -2.04. The normalized spacial score (nSPS) is 10.9. The number of benzene rings is 2. The van der Waals surface area contributed by atoms with Crippen LogP contribution in [0.2, 0.25) is 0 Å². The second-order valence-electron chi connectivity index (χ2n) is 5.37. The molecule has 0 saturated carbocycles. The fourth-order valence-corrected chi connectivity index (χ4v) is 2.39. The van der Waals surface area contributed by atoms with Crippen molar-refractivity contribution in [3.63, 3.8) is 0 Å². The Morgan fingerprint density at radius 3 is 2.04 bits per heavy atom. The quantitative estimate of drug-likeness (QED) is 0.194. The van der Waals surface area contributed by atoms with Crippen LogP contribution in [0.3, 0.4) is 0 Å². The van der Waals surface area contributed by atoms with E-state index in [1.807, 2.05) is 36.4 Å². The Kier molecular flexibility index (Phi) is 5.59. The van der Waals surface area contributed by atoms with E-state index < -0.39 is 7.82 Å². The van der Waals surface area contributed by atoms with Gasteiger partial charge in [0.2, 0.25) is 0 Å². The molecule has 0 unspecified atom stereocenters. The molecule has 3 rings (SSSR count). The lowest BCUT2D eigenvalue weighted by molar-refractivity contribution is 0.275. The molecule has 0 bridgehead atoms. The van der Waals surface area contributed by atoms with Gasteiger partial charge in [-0.05, 0) is 23.8 Å². The predicted octanol–water partition coefficient (Wildman–Crippen LogP) is 1.47. The lowest BCUT2D eigenvalue weighted by atomic mass is 10.0. The first-order valence-electron chi connectivity index (χ1n) is 7.25. The fourth-order valence-electron chi connectivity index (χ4n) is 2.39. The molecule has 0 atom stereocenters. The first-order valence-corrected chi connectivity index (χ1v) is 8.82. The molecule has 0 aliphatic rings. The van der Waals surface area contributed by atoms with Crippen molar-refractivity contribution in [3.8, 4) is 11.3 Å². The van der Waals surface area contributed by atoms with E-state index in [9.17, 15) is 0 Å². The summed E-state index contributed by atoms with van der Waals surface area (Å²) < 4.78 is 8.88. The number of hydrogen-bond donors (Lipinski definition) is 8. The molecule has 0 aliphatic carbocycles. The highest BCUT2D eigenvalue weighted by molar-refractivity contribution is 7.45. The highest BCUT2D eigenvalue weighted by Gasteiger charge is 2.12. The molecule has 0 fully saturated rings. The Labute approximate surface area is 148 Å². The summed E-state index contributed by atoms with van der Waals surface area (Å²) in [6, 6.07) is 15.3. The number of fused-ring (bicyclic) bond motifs is 1. The van der Waals surface area contributed by atoms with E-state index >= 15 is 0 Å². The monoisotopic (exact) mass is 375 g/mol. The van der Waals surface area contributed by atoms with Crippen molar-refractivity contribution in [2.24, 2.45) is 11.5 Å². The lowest BCUT2D eigenvalue weighted by Crippen LogP contribution is -2.15. The minimum absolute atomic E-state index is 0.0401. The van der Waals surface area contributed by atoms with Crippen molar-refractivity contribution in [3.05, 3.63) is 59.7 Å². The van der Waals surface area contributed by atoms with E-state index in [0.29, 0.717) is 11.1 Å². The Balaban J connectivity index is 0.000000431. The van der Waals surface area contributed by atoms with Crippen LogP contribution in [0.1, 0.15) is 11.1 Å². The van der Waals surface area contributed by atoms with E-state index in [0.717, 1.165) is 22.2 Å². The molecule has 10 N–H and O–H groups in total. The number of nitrogens with one attached hydrogen (secondary N) is 3. The summed E-state index contributed by atoms with van der Waals surface area (Å²) in [7, 11) is -4.64. The minimum Gasteiger partial charge on any atom is -0.384 e. The van der Waals surface area contributed by atoms with Crippen LogP contribution in [-0.4, -0.2) is 31.3 Å². The summed E-state index contributed by atoms with van der Waals surface area (Å²) in [5, 5.41) is 16.1. The number of phosphoric acid groups is 1. The van der Waals surface area contributed by atoms with Gasteiger partial charge in [-0.2, -0.15) is 0 Å². The van der Waals surface area contributed by atoms with Gasteiger partial charge in [-0.25, -0.2) is 4.57 Å². The Morgan fingerprint density at radius 2 is 1.54 bits per heavy atom. The summed E-state index contributed by atoms with van der Waals surface area (Å²) in [5.74, 6) is -0.0861. The average Bonchev–Trinajstić information content (AvgIpc) is 2.96. The second-order valence-corrected chi connectivity index (χ2v) is 6.40. The third-order valence-corrected chi connectivity index (χ3v) is 3.42. The van der Waals surface area contributed by atoms with E-state index in [4.69, 9.17) is 41.5 Å². The number of hydrogen-bond acceptors (Lipinski definition) is 3. The summed E-state index contributed by atoms with van der Waals surface area (Å²) in [4.78, 5) is 24.9. The number of aromatic nitrogens is 1. The van der Waals surface area contributed by atoms with Crippen LogP contribution in [-0.2, 0) is 4.57 Å². The molecule has 0 amide bonds. The number of H-pyrrole nitrogens is 1. The molecule has 1 aromatic heterocycles. The number of amidine groups is 2. The first-order chi connectivity index (χ1) is 12.1. The maximum absolute atomic E-state index is 8.88. The van der Waals surface area contributed by atoms with Gasteiger partial charge in [-0.15, -0.1) is 0 Å². The van der Waals surface area contributed by atoms with Gasteiger partial charge in [0.15, 0.2) is 0 Å². The summed E-state index contributed by atoms with van der Waals surface area (Å²) in [5.41, 5.74) is 15.1. The molecule has 26 heavy (non-hydrogen) atoms. The zero-order valence-electron chi connectivity index (χ0n) is 13.5. The zero-order valence-corrected chi connectivity index (χ0v) is 14.4. The third-order valence-electron chi connectivity index (χ3n) is 3.42. The number of aromatic amines is 1.